The molecule has 0 atom stereocenters. The lowest BCUT2D eigenvalue weighted by molar-refractivity contribution is 0.174. The zero-order valence-corrected chi connectivity index (χ0v) is 11.3. The van der Waals surface area contributed by atoms with Gasteiger partial charge in [0.25, 0.3) is 0 Å². The molecule has 0 unspecified atom stereocenters. The standard InChI is InChI=1S/C14H18ClNO2/c1-9-10(14(7-16)4-2-3-5-14)6-11-13(12(9)15)18-8-17-11/h6H,2-5,7-8,16H2,1H3. The first-order chi connectivity index (χ1) is 8.68. The minimum atomic E-state index is 0.0781. The molecule has 1 aliphatic heterocycles. The molecule has 1 aromatic carbocycles. The number of hydrogen-bond donors (Lipinski definition) is 1. The van der Waals surface area contributed by atoms with Crippen molar-refractivity contribution in [3.05, 3.63) is 22.2 Å². The number of fused-ring (bicyclic) bond motifs is 1. The summed E-state index contributed by atoms with van der Waals surface area (Å²) in [4.78, 5) is 0. The minimum absolute atomic E-state index is 0.0781. The van der Waals surface area contributed by atoms with E-state index in [9.17, 15) is 0 Å². The van der Waals surface area contributed by atoms with Gasteiger partial charge in [0, 0.05) is 12.0 Å². The van der Waals surface area contributed by atoms with E-state index in [1.165, 1.54) is 18.4 Å². The highest BCUT2D eigenvalue weighted by molar-refractivity contribution is 6.33. The van der Waals surface area contributed by atoms with Crippen LogP contribution in [-0.4, -0.2) is 13.3 Å². The quantitative estimate of drug-likeness (QED) is 0.895. The van der Waals surface area contributed by atoms with Gasteiger partial charge in [0.05, 0.1) is 5.02 Å². The second kappa shape index (κ2) is 4.32. The molecule has 1 aliphatic carbocycles. The molecule has 0 radical (unpaired) electrons. The molecule has 3 rings (SSSR count). The van der Waals surface area contributed by atoms with E-state index in [0.29, 0.717) is 17.3 Å². The highest BCUT2D eigenvalue weighted by Gasteiger charge is 2.37. The van der Waals surface area contributed by atoms with E-state index < -0.39 is 0 Å². The molecule has 0 bridgehead atoms. The van der Waals surface area contributed by atoms with Gasteiger partial charge in [-0.25, -0.2) is 0 Å². The third-order valence-electron chi connectivity index (χ3n) is 4.37. The molecule has 0 saturated heterocycles. The van der Waals surface area contributed by atoms with Crippen LogP contribution in [0.1, 0.15) is 36.8 Å². The molecule has 0 spiro atoms. The van der Waals surface area contributed by atoms with E-state index in [4.69, 9.17) is 26.8 Å². The molecular formula is C14H18ClNO2. The summed E-state index contributed by atoms with van der Waals surface area (Å²) in [5.74, 6) is 1.45. The topological polar surface area (TPSA) is 44.5 Å². The Labute approximate surface area is 112 Å². The second-order valence-electron chi connectivity index (χ2n) is 5.29. The van der Waals surface area contributed by atoms with Crippen LogP contribution in [0, 0.1) is 6.92 Å². The molecule has 1 saturated carbocycles. The Bertz CT molecular complexity index is 481. The van der Waals surface area contributed by atoms with Gasteiger partial charge in [0.15, 0.2) is 11.5 Å². The largest absolute Gasteiger partial charge is 0.454 e. The summed E-state index contributed by atoms with van der Waals surface area (Å²) in [5, 5.41) is 0.680. The second-order valence-corrected chi connectivity index (χ2v) is 5.67. The van der Waals surface area contributed by atoms with E-state index in [1.807, 2.05) is 0 Å². The molecule has 98 valence electrons. The van der Waals surface area contributed by atoms with Crippen molar-refractivity contribution in [2.75, 3.05) is 13.3 Å². The van der Waals surface area contributed by atoms with Crippen LogP contribution in [0.25, 0.3) is 0 Å². The Hall–Kier alpha value is -0.930. The van der Waals surface area contributed by atoms with Crippen LogP contribution in [-0.2, 0) is 5.41 Å². The van der Waals surface area contributed by atoms with Gasteiger partial charge in [-0.05, 0) is 37.0 Å². The average molecular weight is 268 g/mol. The number of nitrogens with two attached hydrogens (primary N) is 1. The van der Waals surface area contributed by atoms with Gasteiger partial charge in [-0.15, -0.1) is 0 Å². The van der Waals surface area contributed by atoms with Gasteiger partial charge in [-0.1, -0.05) is 24.4 Å². The summed E-state index contributed by atoms with van der Waals surface area (Å²) >= 11 is 6.40. The summed E-state index contributed by atoms with van der Waals surface area (Å²) in [5.41, 5.74) is 8.47. The van der Waals surface area contributed by atoms with Crippen molar-refractivity contribution in [1.82, 2.24) is 0 Å². The minimum Gasteiger partial charge on any atom is -0.454 e. The summed E-state index contributed by atoms with van der Waals surface area (Å²) in [7, 11) is 0. The Morgan fingerprint density at radius 1 is 1.33 bits per heavy atom. The molecule has 2 N–H and O–H groups in total. The van der Waals surface area contributed by atoms with Crippen molar-refractivity contribution >= 4 is 11.6 Å². The predicted octanol–water partition coefficient (Wildman–Crippen LogP) is 3.15. The first-order valence-corrected chi connectivity index (χ1v) is 6.85. The van der Waals surface area contributed by atoms with Crippen molar-refractivity contribution in [2.24, 2.45) is 5.73 Å². The van der Waals surface area contributed by atoms with E-state index in [0.717, 1.165) is 24.2 Å². The van der Waals surface area contributed by atoms with E-state index in [1.54, 1.807) is 0 Å². The van der Waals surface area contributed by atoms with Gasteiger partial charge in [-0.3, -0.25) is 0 Å². The smallest absolute Gasteiger partial charge is 0.231 e. The zero-order valence-electron chi connectivity index (χ0n) is 10.6. The third kappa shape index (κ3) is 1.61. The SMILES string of the molecule is Cc1c(C2(CN)CCCC2)cc2c(c1Cl)OCO2. The predicted molar refractivity (Wildman–Crippen MR) is 71.5 cm³/mol. The molecule has 0 amide bonds. The van der Waals surface area contributed by atoms with Crippen LogP contribution >= 0.6 is 11.6 Å². The van der Waals surface area contributed by atoms with Crippen molar-refractivity contribution < 1.29 is 9.47 Å². The fourth-order valence-corrected chi connectivity index (χ4v) is 3.53. The van der Waals surface area contributed by atoms with E-state index >= 15 is 0 Å². The van der Waals surface area contributed by atoms with Gasteiger partial charge in [0.2, 0.25) is 6.79 Å². The van der Waals surface area contributed by atoms with Crippen LogP contribution in [0.15, 0.2) is 6.07 Å². The molecule has 0 aromatic heterocycles. The number of ether oxygens (including phenoxy) is 2. The molecule has 1 fully saturated rings. The lowest BCUT2D eigenvalue weighted by Crippen LogP contribution is -2.32. The van der Waals surface area contributed by atoms with Crippen LogP contribution in [0.5, 0.6) is 11.5 Å². The molecule has 3 nitrogen and oxygen atoms in total. The van der Waals surface area contributed by atoms with Crippen LogP contribution in [0.3, 0.4) is 0 Å². The fraction of sp³-hybridized carbons (Fsp3) is 0.571. The lowest BCUT2D eigenvalue weighted by atomic mass is 9.77. The summed E-state index contributed by atoms with van der Waals surface area (Å²) < 4.78 is 10.9. The lowest BCUT2D eigenvalue weighted by Gasteiger charge is -2.30. The maximum Gasteiger partial charge on any atom is 0.231 e. The van der Waals surface area contributed by atoms with Crippen LogP contribution < -0.4 is 15.2 Å². The van der Waals surface area contributed by atoms with Crippen molar-refractivity contribution in [1.29, 1.82) is 0 Å². The fourth-order valence-electron chi connectivity index (χ4n) is 3.28. The number of hydrogen-bond acceptors (Lipinski definition) is 3. The first kappa shape index (κ1) is 12.1. The molecule has 18 heavy (non-hydrogen) atoms. The van der Waals surface area contributed by atoms with E-state index in [-0.39, 0.29) is 12.2 Å². The Morgan fingerprint density at radius 2 is 2.06 bits per heavy atom. The van der Waals surface area contributed by atoms with E-state index in [2.05, 4.69) is 13.0 Å². The summed E-state index contributed by atoms with van der Waals surface area (Å²) in [6.45, 7) is 2.98. The maximum atomic E-state index is 6.40. The van der Waals surface area contributed by atoms with Crippen molar-refractivity contribution in [2.45, 2.75) is 38.0 Å². The Balaban J connectivity index is 2.15. The summed E-state index contributed by atoms with van der Waals surface area (Å²) in [6, 6.07) is 2.09. The maximum absolute atomic E-state index is 6.40. The molecule has 1 aromatic rings. The Kier molecular flexibility index (Phi) is 2.91. The number of benzene rings is 1. The van der Waals surface area contributed by atoms with Gasteiger partial charge in [0.1, 0.15) is 0 Å². The first-order valence-electron chi connectivity index (χ1n) is 6.47. The highest BCUT2D eigenvalue weighted by Crippen LogP contribution is 2.49. The van der Waals surface area contributed by atoms with Crippen molar-refractivity contribution in [3.8, 4) is 11.5 Å². The molecular weight excluding hydrogens is 250 g/mol. The van der Waals surface area contributed by atoms with Gasteiger partial charge < -0.3 is 15.2 Å². The Morgan fingerprint density at radius 3 is 2.72 bits per heavy atom. The number of halogens is 1. The average Bonchev–Trinajstić information content (AvgIpc) is 3.02. The molecule has 1 heterocycles. The summed E-state index contributed by atoms with van der Waals surface area (Å²) in [6.07, 6.45) is 4.76. The van der Waals surface area contributed by atoms with Crippen molar-refractivity contribution in [3.63, 3.8) is 0 Å². The van der Waals surface area contributed by atoms with Crippen LogP contribution in [0.4, 0.5) is 0 Å². The monoisotopic (exact) mass is 267 g/mol. The molecule has 4 heteroatoms. The normalized spacial score (nSPS) is 20.4. The van der Waals surface area contributed by atoms with Gasteiger partial charge >= 0.3 is 0 Å². The third-order valence-corrected chi connectivity index (χ3v) is 4.83. The zero-order chi connectivity index (χ0) is 12.8. The number of rotatable bonds is 2. The van der Waals surface area contributed by atoms with Gasteiger partial charge in [-0.2, -0.15) is 0 Å². The highest BCUT2D eigenvalue weighted by atomic mass is 35.5. The molecule has 2 aliphatic rings. The van der Waals surface area contributed by atoms with Crippen LogP contribution in [0.2, 0.25) is 5.02 Å².